The van der Waals surface area contributed by atoms with Crippen molar-refractivity contribution in [3.05, 3.63) is 29.1 Å². The molecule has 0 aromatic heterocycles. The lowest BCUT2D eigenvalue weighted by molar-refractivity contribution is 0.0160. The molecule has 2 rings (SSSR count). The fraction of sp³-hybridized carbons (Fsp3) is 0.462. The van der Waals surface area contributed by atoms with Crippen molar-refractivity contribution in [1.82, 2.24) is 0 Å². The molecule has 21 heavy (non-hydrogen) atoms. The first-order valence-corrected chi connectivity index (χ1v) is 7.95. The summed E-state index contributed by atoms with van der Waals surface area (Å²) in [6.45, 7) is 2.05. The number of sulfonamides is 1. The van der Waals surface area contributed by atoms with E-state index >= 15 is 0 Å². The first kappa shape index (κ1) is 15.9. The smallest absolute Gasteiger partial charge is 0.338 e. The summed E-state index contributed by atoms with van der Waals surface area (Å²) >= 11 is 0. The molecule has 2 N–H and O–H groups in total. The number of hydrogen-bond donors (Lipinski definition) is 1. The Balaban J connectivity index is 2.22. The molecule has 1 aromatic carbocycles. The van der Waals surface area contributed by atoms with Crippen LogP contribution < -0.4 is 5.14 Å². The number of nitrogens with two attached hydrogens (primary N) is 1. The second-order valence-electron chi connectivity index (χ2n) is 4.85. The first-order chi connectivity index (χ1) is 9.79. The van der Waals surface area contributed by atoms with Crippen molar-refractivity contribution in [2.24, 2.45) is 5.14 Å². The zero-order chi connectivity index (χ0) is 15.6. The van der Waals surface area contributed by atoms with Gasteiger partial charge in [0.2, 0.25) is 10.0 Å². The Hall–Kier alpha value is -1.51. The van der Waals surface area contributed by atoms with Crippen LogP contribution in [0.2, 0.25) is 0 Å². The van der Waals surface area contributed by atoms with Crippen molar-refractivity contribution in [3.8, 4) is 0 Å². The van der Waals surface area contributed by atoms with Gasteiger partial charge in [0.1, 0.15) is 12.4 Å². The maximum Gasteiger partial charge on any atom is 0.338 e. The normalized spacial score (nSPS) is 18.7. The monoisotopic (exact) mass is 317 g/mol. The van der Waals surface area contributed by atoms with Gasteiger partial charge in [0.05, 0.1) is 16.6 Å². The van der Waals surface area contributed by atoms with Crippen LogP contribution in [0.3, 0.4) is 0 Å². The van der Waals surface area contributed by atoms with E-state index in [1.165, 1.54) is 6.92 Å². The maximum atomic E-state index is 13.5. The van der Waals surface area contributed by atoms with Crippen LogP contribution in [0.25, 0.3) is 0 Å². The van der Waals surface area contributed by atoms with E-state index in [9.17, 15) is 17.6 Å². The zero-order valence-electron chi connectivity index (χ0n) is 11.5. The van der Waals surface area contributed by atoms with Gasteiger partial charge in [-0.3, -0.25) is 0 Å². The third-order valence-electron chi connectivity index (χ3n) is 3.28. The highest BCUT2D eigenvalue weighted by molar-refractivity contribution is 7.89. The fourth-order valence-electron chi connectivity index (χ4n) is 2.18. The summed E-state index contributed by atoms with van der Waals surface area (Å²) in [5.74, 6) is -1.67. The number of halogens is 1. The Labute approximate surface area is 122 Å². The Bertz CT molecular complexity index is 653. The van der Waals surface area contributed by atoms with E-state index in [1.54, 1.807) is 0 Å². The largest absolute Gasteiger partial charge is 0.459 e. The van der Waals surface area contributed by atoms with E-state index in [1.807, 2.05) is 0 Å². The van der Waals surface area contributed by atoms with Crippen LogP contribution >= 0.6 is 0 Å². The molecular weight excluding hydrogens is 301 g/mol. The van der Waals surface area contributed by atoms with E-state index < -0.39 is 26.7 Å². The quantitative estimate of drug-likeness (QED) is 0.840. The molecular formula is C13H16FNO5S. The highest BCUT2D eigenvalue weighted by Crippen LogP contribution is 2.21. The fourth-order valence-corrected chi connectivity index (χ4v) is 3.00. The predicted octanol–water partition coefficient (Wildman–Crippen LogP) is 1.12. The standard InChI is InChI=1S/C13H16FNO5S/c1-8-11(5-9(14)6-12(8)21(15,17)18)13(16)20-7-10-3-2-4-19-10/h5-6,10H,2-4,7H2,1H3,(H2,15,17,18). The highest BCUT2D eigenvalue weighted by atomic mass is 32.2. The molecule has 0 amide bonds. The minimum Gasteiger partial charge on any atom is -0.459 e. The summed E-state index contributed by atoms with van der Waals surface area (Å²) < 4.78 is 46.6. The molecule has 0 aliphatic carbocycles. The maximum absolute atomic E-state index is 13.5. The van der Waals surface area contributed by atoms with Gasteiger partial charge in [-0.25, -0.2) is 22.7 Å². The number of rotatable bonds is 4. The first-order valence-electron chi connectivity index (χ1n) is 6.40. The SMILES string of the molecule is Cc1c(C(=O)OCC2CCCO2)cc(F)cc1S(N)(=O)=O. The van der Waals surface area contributed by atoms with Gasteiger partial charge in [0.25, 0.3) is 0 Å². The molecule has 6 nitrogen and oxygen atoms in total. The number of benzene rings is 1. The molecule has 1 fully saturated rings. The van der Waals surface area contributed by atoms with Crippen LogP contribution in [-0.4, -0.2) is 33.7 Å². The number of esters is 1. The van der Waals surface area contributed by atoms with Crippen LogP contribution in [-0.2, 0) is 19.5 Å². The van der Waals surface area contributed by atoms with Crippen molar-refractivity contribution in [1.29, 1.82) is 0 Å². The molecule has 1 aromatic rings. The lowest BCUT2D eigenvalue weighted by atomic mass is 10.1. The van der Waals surface area contributed by atoms with Gasteiger partial charge < -0.3 is 9.47 Å². The summed E-state index contributed by atoms with van der Waals surface area (Å²) in [6.07, 6.45) is 1.52. The number of carbonyl (C=O) groups excluding carboxylic acids is 1. The molecule has 116 valence electrons. The summed E-state index contributed by atoms with van der Waals surface area (Å²) in [6, 6.07) is 1.71. The molecule has 0 radical (unpaired) electrons. The molecule has 1 atom stereocenters. The third kappa shape index (κ3) is 3.78. The van der Waals surface area contributed by atoms with Crippen LogP contribution in [0.1, 0.15) is 28.8 Å². The molecule has 1 unspecified atom stereocenters. The minimum absolute atomic E-state index is 0.0551. The van der Waals surface area contributed by atoms with Gasteiger partial charge in [-0.2, -0.15) is 0 Å². The number of ether oxygens (including phenoxy) is 2. The number of hydrogen-bond acceptors (Lipinski definition) is 5. The number of carbonyl (C=O) groups is 1. The Morgan fingerprint density at radius 3 is 2.81 bits per heavy atom. The van der Waals surface area contributed by atoms with E-state index in [0.29, 0.717) is 6.61 Å². The van der Waals surface area contributed by atoms with Crippen LogP contribution in [0.4, 0.5) is 4.39 Å². The molecule has 0 saturated carbocycles. The highest BCUT2D eigenvalue weighted by Gasteiger charge is 2.23. The Kier molecular flexibility index (Phi) is 4.60. The summed E-state index contributed by atoms with van der Waals surface area (Å²) in [5.41, 5.74) is -0.0896. The molecule has 1 aliphatic rings. The molecule has 8 heteroatoms. The van der Waals surface area contributed by atoms with Crippen molar-refractivity contribution >= 4 is 16.0 Å². The van der Waals surface area contributed by atoms with Gasteiger partial charge in [0.15, 0.2) is 0 Å². The topological polar surface area (TPSA) is 95.7 Å². The summed E-state index contributed by atoms with van der Waals surface area (Å²) in [7, 11) is -4.12. The van der Waals surface area contributed by atoms with Gasteiger partial charge >= 0.3 is 5.97 Å². The Morgan fingerprint density at radius 2 is 2.24 bits per heavy atom. The van der Waals surface area contributed by atoms with Crippen LogP contribution in [0.15, 0.2) is 17.0 Å². The predicted molar refractivity (Wildman–Crippen MR) is 71.8 cm³/mol. The van der Waals surface area contributed by atoms with Gasteiger partial charge in [-0.15, -0.1) is 0 Å². The van der Waals surface area contributed by atoms with Crippen molar-refractivity contribution in [2.45, 2.75) is 30.8 Å². The van der Waals surface area contributed by atoms with Crippen molar-refractivity contribution in [3.63, 3.8) is 0 Å². The summed E-state index contributed by atoms with van der Waals surface area (Å²) in [4.78, 5) is 11.5. The molecule has 1 heterocycles. The van der Waals surface area contributed by atoms with E-state index in [2.05, 4.69) is 0 Å². The lowest BCUT2D eigenvalue weighted by Gasteiger charge is -2.13. The van der Waals surface area contributed by atoms with E-state index in [-0.39, 0.29) is 23.8 Å². The molecule has 0 spiro atoms. The van der Waals surface area contributed by atoms with Crippen LogP contribution in [0, 0.1) is 12.7 Å². The van der Waals surface area contributed by atoms with Gasteiger partial charge in [-0.1, -0.05) is 0 Å². The average molecular weight is 317 g/mol. The zero-order valence-corrected chi connectivity index (χ0v) is 12.3. The average Bonchev–Trinajstić information content (AvgIpc) is 2.90. The second-order valence-corrected chi connectivity index (χ2v) is 6.38. The van der Waals surface area contributed by atoms with Crippen LogP contribution in [0.5, 0.6) is 0 Å². The third-order valence-corrected chi connectivity index (χ3v) is 4.31. The molecule has 1 aliphatic heterocycles. The van der Waals surface area contributed by atoms with Gasteiger partial charge in [-0.05, 0) is 37.5 Å². The van der Waals surface area contributed by atoms with Gasteiger partial charge in [0, 0.05) is 6.61 Å². The lowest BCUT2D eigenvalue weighted by Crippen LogP contribution is -2.20. The molecule has 0 bridgehead atoms. The Morgan fingerprint density at radius 1 is 1.52 bits per heavy atom. The number of primary sulfonamides is 1. The molecule has 1 saturated heterocycles. The van der Waals surface area contributed by atoms with E-state index in [4.69, 9.17) is 14.6 Å². The minimum atomic E-state index is -4.12. The second kappa shape index (κ2) is 6.08. The van der Waals surface area contributed by atoms with Crippen molar-refractivity contribution < 1.29 is 27.1 Å². The van der Waals surface area contributed by atoms with Crippen molar-refractivity contribution in [2.75, 3.05) is 13.2 Å². The van der Waals surface area contributed by atoms with E-state index in [0.717, 1.165) is 25.0 Å². The summed E-state index contributed by atoms with van der Waals surface area (Å²) in [5, 5.41) is 5.00.